The van der Waals surface area contributed by atoms with Gasteiger partial charge in [-0.25, -0.2) is 0 Å². The number of thiophene rings is 1. The molecule has 0 bridgehead atoms. The van der Waals surface area contributed by atoms with Crippen molar-refractivity contribution in [2.75, 3.05) is 13.2 Å². The van der Waals surface area contributed by atoms with E-state index < -0.39 is 0 Å². The predicted octanol–water partition coefficient (Wildman–Crippen LogP) is 3.14. The average molecular weight is 239 g/mol. The minimum absolute atomic E-state index is 0.438. The van der Waals surface area contributed by atoms with Crippen LogP contribution in [0.1, 0.15) is 42.5 Å². The summed E-state index contributed by atoms with van der Waals surface area (Å²) in [7, 11) is 0. The van der Waals surface area contributed by atoms with Gasteiger partial charge in [0.15, 0.2) is 0 Å². The Bertz CT molecular complexity index is 317. The lowest BCUT2D eigenvalue weighted by Gasteiger charge is -2.15. The first kappa shape index (κ1) is 12.1. The van der Waals surface area contributed by atoms with Crippen LogP contribution in [-0.4, -0.2) is 19.3 Å². The van der Waals surface area contributed by atoms with Crippen LogP contribution in [0, 0.1) is 0 Å². The smallest absolute Gasteiger partial charge is 0.0700 e. The van der Waals surface area contributed by atoms with E-state index in [4.69, 9.17) is 4.74 Å². The molecule has 1 saturated heterocycles. The third kappa shape index (κ3) is 3.06. The van der Waals surface area contributed by atoms with Gasteiger partial charge in [-0.05, 0) is 38.3 Å². The molecule has 2 heterocycles. The van der Waals surface area contributed by atoms with Crippen LogP contribution in [-0.2, 0) is 11.2 Å². The molecule has 2 nitrogen and oxygen atoms in total. The molecule has 2 atom stereocenters. The van der Waals surface area contributed by atoms with E-state index in [1.54, 1.807) is 0 Å². The van der Waals surface area contributed by atoms with Gasteiger partial charge in [-0.15, -0.1) is 11.3 Å². The van der Waals surface area contributed by atoms with Crippen molar-refractivity contribution in [3.8, 4) is 0 Å². The van der Waals surface area contributed by atoms with E-state index in [2.05, 4.69) is 31.3 Å². The van der Waals surface area contributed by atoms with Crippen molar-refractivity contribution < 1.29 is 4.74 Å². The van der Waals surface area contributed by atoms with Gasteiger partial charge in [-0.1, -0.05) is 6.92 Å². The van der Waals surface area contributed by atoms with Crippen LogP contribution in [0.4, 0.5) is 0 Å². The van der Waals surface area contributed by atoms with E-state index in [0.29, 0.717) is 12.1 Å². The molecule has 2 rings (SSSR count). The van der Waals surface area contributed by atoms with Crippen molar-refractivity contribution in [2.24, 2.45) is 0 Å². The summed E-state index contributed by atoms with van der Waals surface area (Å²) >= 11 is 1.92. The minimum Gasteiger partial charge on any atom is -0.377 e. The first-order valence-electron chi connectivity index (χ1n) is 6.23. The van der Waals surface area contributed by atoms with Crippen molar-refractivity contribution >= 4 is 11.3 Å². The Morgan fingerprint density at radius 2 is 2.44 bits per heavy atom. The molecule has 16 heavy (non-hydrogen) atoms. The highest BCUT2D eigenvalue weighted by atomic mass is 32.1. The van der Waals surface area contributed by atoms with Gasteiger partial charge in [-0.3, -0.25) is 0 Å². The highest BCUT2D eigenvalue weighted by molar-refractivity contribution is 7.12. The maximum atomic E-state index is 5.61. The molecule has 1 N–H and O–H groups in total. The molecule has 1 aromatic heterocycles. The van der Waals surface area contributed by atoms with Gasteiger partial charge in [-0.2, -0.15) is 0 Å². The molecular formula is C13H21NOS. The highest BCUT2D eigenvalue weighted by Gasteiger charge is 2.16. The summed E-state index contributed by atoms with van der Waals surface area (Å²) in [6, 6.07) is 4.94. The number of aryl methyl sites for hydroxylation is 1. The molecular weight excluding hydrogens is 218 g/mol. The summed E-state index contributed by atoms with van der Waals surface area (Å²) in [6.07, 6.45) is 4.01. The van der Waals surface area contributed by atoms with Crippen LogP contribution in [0.3, 0.4) is 0 Å². The van der Waals surface area contributed by atoms with E-state index in [1.807, 2.05) is 11.3 Å². The molecule has 0 spiro atoms. The molecule has 0 aliphatic carbocycles. The Morgan fingerprint density at radius 1 is 1.56 bits per heavy atom. The first-order valence-corrected chi connectivity index (χ1v) is 7.05. The van der Waals surface area contributed by atoms with Gasteiger partial charge in [0.05, 0.1) is 6.10 Å². The van der Waals surface area contributed by atoms with E-state index in [-0.39, 0.29) is 0 Å². The number of rotatable bonds is 5. The van der Waals surface area contributed by atoms with Crippen molar-refractivity contribution in [2.45, 2.75) is 45.3 Å². The van der Waals surface area contributed by atoms with Crippen molar-refractivity contribution in [1.82, 2.24) is 5.32 Å². The van der Waals surface area contributed by atoms with Gasteiger partial charge in [0.25, 0.3) is 0 Å². The molecule has 2 unspecified atom stereocenters. The van der Waals surface area contributed by atoms with Gasteiger partial charge >= 0.3 is 0 Å². The van der Waals surface area contributed by atoms with E-state index in [0.717, 1.165) is 19.6 Å². The monoisotopic (exact) mass is 239 g/mol. The summed E-state index contributed by atoms with van der Waals surface area (Å²) in [5, 5.41) is 3.56. The van der Waals surface area contributed by atoms with Gasteiger partial charge in [0.2, 0.25) is 0 Å². The van der Waals surface area contributed by atoms with Gasteiger partial charge in [0.1, 0.15) is 0 Å². The molecule has 1 fully saturated rings. The fraction of sp³-hybridized carbons (Fsp3) is 0.692. The zero-order valence-corrected chi connectivity index (χ0v) is 11.0. The molecule has 1 aliphatic heterocycles. The number of nitrogens with one attached hydrogen (secondary N) is 1. The minimum atomic E-state index is 0.438. The Balaban J connectivity index is 1.80. The van der Waals surface area contributed by atoms with Crippen molar-refractivity contribution in [1.29, 1.82) is 0 Å². The van der Waals surface area contributed by atoms with Crippen molar-refractivity contribution in [3.05, 3.63) is 21.9 Å². The maximum absolute atomic E-state index is 5.61. The van der Waals surface area contributed by atoms with Gasteiger partial charge < -0.3 is 10.1 Å². The fourth-order valence-corrected chi connectivity index (χ4v) is 3.01. The van der Waals surface area contributed by atoms with E-state index in [9.17, 15) is 0 Å². The van der Waals surface area contributed by atoms with Crippen LogP contribution in [0.2, 0.25) is 0 Å². The number of hydrogen-bond acceptors (Lipinski definition) is 3. The summed E-state index contributed by atoms with van der Waals surface area (Å²) in [5.74, 6) is 0. The Kier molecular flexibility index (Phi) is 4.38. The lowest BCUT2D eigenvalue weighted by Crippen LogP contribution is -2.28. The molecule has 1 aromatic rings. The Morgan fingerprint density at radius 3 is 3.06 bits per heavy atom. The zero-order valence-electron chi connectivity index (χ0n) is 10.2. The standard InChI is InChI=1S/C13H21NOS/c1-3-12-6-7-13(16-12)10(2)14-9-11-5-4-8-15-11/h6-7,10-11,14H,3-5,8-9H2,1-2H3. The molecule has 0 amide bonds. The largest absolute Gasteiger partial charge is 0.377 e. The molecule has 1 aliphatic rings. The lowest BCUT2D eigenvalue weighted by molar-refractivity contribution is 0.108. The van der Waals surface area contributed by atoms with Crippen LogP contribution >= 0.6 is 11.3 Å². The number of ether oxygens (including phenoxy) is 1. The quantitative estimate of drug-likeness (QED) is 0.852. The van der Waals surface area contributed by atoms with Crippen LogP contribution in [0.25, 0.3) is 0 Å². The van der Waals surface area contributed by atoms with E-state index >= 15 is 0 Å². The summed E-state index contributed by atoms with van der Waals surface area (Å²) < 4.78 is 5.61. The Hall–Kier alpha value is -0.380. The topological polar surface area (TPSA) is 21.3 Å². The molecule has 3 heteroatoms. The maximum Gasteiger partial charge on any atom is 0.0700 e. The fourth-order valence-electron chi connectivity index (χ4n) is 2.03. The predicted molar refractivity (Wildman–Crippen MR) is 69.1 cm³/mol. The summed E-state index contributed by atoms with van der Waals surface area (Å²) in [6.45, 7) is 6.38. The van der Waals surface area contributed by atoms with Gasteiger partial charge in [0, 0.05) is 28.9 Å². The second-order valence-electron chi connectivity index (χ2n) is 4.42. The lowest BCUT2D eigenvalue weighted by atomic mass is 10.2. The summed E-state index contributed by atoms with van der Waals surface area (Å²) in [4.78, 5) is 2.91. The summed E-state index contributed by atoms with van der Waals surface area (Å²) in [5.41, 5.74) is 0. The second kappa shape index (κ2) is 5.80. The second-order valence-corrected chi connectivity index (χ2v) is 5.62. The van der Waals surface area contributed by atoms with Crippen LogP contribution in [0.15, 0.2) is 12.1 Å². The van der Waals surface area contributed by atoms with E-state index in [1.165, 1.54) is 22.6 Å². The normalized spacial score (nSPS) is 22.5. The number of hydrogen-bond donors (Lipinski definition) is 1. The Labute approximate surface area is 102 Å². The van der Waals surface area contributed by atoms with Crippen LogP contribution < -0.4 is 5.32 Å². The average Bonchev–Trinajstić information content (AvgIpc) is 2.96. The molecule has 0 radical (unpaired) electrons. The first-order chi connectivity index (χ1) is 7.79. The highest BCUT2D eigenvalue weighted by Crippen LogP contribution is 2.23. The zero-order chi connectivity index (χ0) is 11.4. The van der Waals surface area contributed by atoms with Crippen LogP contribution in [0.5, 0.6) is 0 Å². The molecule has 0 aromatic carbocycles. The van der Waals surface area contributed by atoms with Crippen molar-refractivity contribution in [3.63, 3.8) is 0 Å². The SMILES string of the molecule is CCc1ccc(C(C)NCC2CCCO2)s1. The third-order valence-corrected chi connectivity index (χ3v) is 4.55. The third-order valence-electron chi connectivity index (χ3n) is 3.13. The molecule has 0 saturated carbocycles. The molecule has 90 valence electrons.